The van der Waals surface area contributed by atoms with Gasteiger partial charge in [-0.05, 0) is 66.2 Å². The fraction of sp³-hybridized carbons (Fsp3) is 0.0345. The van der Waals surface area contributed by atoms with Gasteiger partial charge in [-0.15, -0.1) is 0 Å². The van der Waals surface area contributed by atoms with E-state index < -0.39 is 10.0 Å². The summed E-state index contributed by atoms with van der Waals surface area (Å²) in [5, 5.41) is 7.08. The summed E-state index contributed by atoms with van der Waals surface area (Å²) in [6.07, 6.45) is 3.53. The molecule has 0 radical (unpaired) electrons. The molecule has 1 aromatic heterocycles. The lowest BCUT2D eigenvalue weighted by Gasteiger charge is -2.25. The second-order valence-corrected chi connectivity index (χ2v) is 10.2. The first-order chi connectivity index (χ1) is 18.0. The number of aromatic nitrogens is 2. The summed E-state index contributed by atoms with van der Waals surface area (Å²) in [5.74, 6) is -0.342. The highest BCUT2D eigenvalue weighted by Gasteiger charge is 2.25. The van der Waals surface area contributed by atoms with E-state index in [1.807, 2.05) is 54.7 Å². The molecule has 0 saturated carbocycles. The largest absolute Gasteiger partial charge is 0.322 e. The summed E-state index contributed by atoms with van der Waals surface area (Å²) in [6, 6.07) is 33.4. The van der Waals surface area contributed by atoms with Crippen LogP contribution < -0.4 is 9.62 Å². The maximum absolute atomic E-state index is 13.7. The zero-order valence-corrected chi connectivity index (χ0v) is 20.6. The predicted molar refractivity (Wildman–Crippen MR) is 144 cm³/mol. The highest BCUT2D eigenvalue weighted by atomic mass is 32.2. The smallest absolute Gasteiger partial charge is 0.264 e. The van der Waals surface area contributed by atoms with Gasteiger partial charge in [0.2, 0.25) is 0 Å². The van der Waals surface area contributed by atoms with Gasteiger partial charge in [0.05, 0.1) is 22.8 Å². The Kier molecular flexibility index (Phi) is 6.83. The SMILES string of the molecule is O=C(Nc1ccc(-n2cccn2)cc1)c1cccc(N(Cc2ccccc2)S(=O)(=O)c2ccccc2)c1. The van der Waals surface area contributed by atoms with Crippen LogP contribution in [0.15, 0.2) is 133 Å². The molecule has 0 saturated heterocycles. The van der Waals surface area contributed by atoms with Gasteiger partial charge in [-0.3, -0.25) is 9.10 Å². The van der Waals surface area contributed by atoms with E-state index in [9.17, 15) is 13.2 Å². The Morgan fingerprint density at radius 2 is 1.51 bits per heavy atom. The van der Waals surface area contributed by atoms with Crippen molar-refractivity contribution in [3.8, 4) is 5.69 Å². The van der Waals surface area contributed by atoms with E-state index >= 15 is 0 Å². The van der Waals surface area contributed by atoms with Crippen molar-refractivity contribution in [3.05, 3.63) is 139 Å². The van der Waals surface area contributed by atoms with Gasteiger partial charge in [0, 0.05) is 23.6 Å². The molecule has 184 valence electrons. The minimum Gasteiger partial charge on any atom is -0.322 e. The van der Waals surface area contributed by atoms with Gasteiger partial charge in [0.25, 0.3) is 15.9 Å². The summed E-state index contributed by atoms with van der Waals surface area (Å²) in [7, 11) is -3.89. The lowest BCUT2D eigenvalue weighted by molar-refractivity contribution is 0.102. The van der Waals surface area contributed by atoms with Crippen LogP contribution >= 0.6 is 0 Å². The van der Waals surface area contributed by atoms with Crippen LogP contribution in [0.25, 0.3) is 5.69 Å². The highest BCUT2D eigenvalue weighted by Crippen LogP contribution is 2.27. The molecular weight excluding hydrogens is 484 g/mol. The molecular formula is C29H24N4O3S. The summed E-state index contributed by atoms with van der Waals surface area (Å²) >= 11 is 0. The quantitative estimate of drug-likeness (QED) is 0.299. The van der Waals surface area contributed by atoms with Gasteiger partial charge >= 0.3 is 0 Å². The van der Waals surface area contributed by atoms with Gasteiger partial charge in [-0.25, -0.2) is 13.1 Å². The lowest BCUT2D eigenvalue weighted by atomic mass is 10.1. The second-order valence-electron chi connectivity index (χ2n) is 8.31. The number of carbonyl (C=O) groups excluding carboxylic acids is 1. The average Bonchev–Trinajstić information content (AvgIpc) is 3.48. The van der Waals surface area contributed by atoms with E-state index in [1.165, 1.54) is 4.31 Å². The number of amides is 1. The van der Waals surface area contributed by atoms with Crippen LogP contribution in [-0.2, 0) is 16.6 Å². The van der Waals surface area contributed by atoms with Crippen molar-refractivity contribution < 1.29 is 13.2 Å². The topological polar surface area (TPSA) is 84.3 Å². The monoisotopic (exact) mass is 508 g/mol. The third-order valence-electron chi connectivity index (χ3n) is 5.79. The standard InChI is InChI=1S/C29H24N4O3S/c34-29(31-25-15-17-26(18-16-25)32-20-8-19-30-32)24-11-7-12-27(21-24)33(22-23-9-3-1-4-10-23)37(35,36)28-13-5-2-6-14-28/h1-21H,22H2,(H,31,34). The van der Waals surface area contributed by atoms with Crippen molar-refractivity contribution in [2.75, 3.05) is 9.62 Å². The molecule has 7 nitrogen and oxygen atoms in total. The van der Waals surface area contributed by atoms with Gasteiger partial charge in [-0.1, -0.05) is 54.6 Å². The molecule has 5 rings (SSSR count). The number of sulfonamides is 1. The first-order valence-electron chi connectivity index (χ1n) is 11.6. The van der Waals surface area contributed by atoms with E-state index in [4.69, 9.17) is 0 Å². The minimum atomic E-state index is -3.89. The van der Waals surface area contributed by atoms with Gasteiger partial charge < -0.3 is 5.32 Å². The molecule has 0 aliphatic heterocycles. The van der Waals surface area contributed by atoms with E-state index in [2.05, 4.69) is 10.4 Å². The van der Waals surface area contributed by atoms with Crippen molar-refractivity contribution in [2.24, 2.45) is 0 Å². The van der Waals surface area contributed by atoms with Crippen molar-refractivity contribution in [1.29, 1.82) is 0 Å². The van der Waals surface area contributed by atoms with Gasteiger partial charge in [0.15, 0.2) is 0 Å². The maximum atomic E-state index is 13.7. The summed E-state index contributed by atoms with van der Waals surface area (Å²) in [4.78, 5) is 13.3. The number of carbonyl (C=O) groups is 1. The number of hydrogen-bond donors (Lipinski definition) is 1. The molecule has 0 unspecified atom stereocenters. The molecule has 8 heteroatoms. The van der Waals surface area contributed by atoms with Crippen LogP contribution in [0, 0.1) is 0 Å². The van der Waals surface area contributed by atoms with Crippen LogP contribution in [0.2, 0.25) is 0 Å². The summed E-state index contributed by atoms with van der Waals surface area (Å²) in [6.45, 7) is 0.123. The van der Waals surface area contributed by atoms with Crippen molar-refractivity contribution in [2.45, 2.75) is 11.4 Å². The zero-order chi connectivity index (χ0) is 25.7. The van der Waals surface area contributed by atoms with E-state index in [0.29, 0.717) is 16.9 Å². The second kappa shape index (κ2) is 10.5. The fourth-order valence-electron chi connectivity index (χ4n) is 3.91. The number of benzene rings is 4. The Morgan fingerprint density at radius 3 is 2.19 bits per heavy atom. The molecule has 1 heterocycles. The Hall–Kier alpha value is -4.69. The molecule has 0 fully saturated rings. The number of nitrogens with one attached hydrogen (secondary N) is 1. The Labute approximate surface area is 215 Å². The average molecular weight is 509 g/mol. The zero-order valence-electron chi connectivity index (χ0n) is 19.8. The number of anilines is 2. The van der Waals surface area contributed by atoms with Crippen LogP contribution in [0.5, 0.6) is 0 Å². The molecule has 1 N–H and O–H groups in total. The van der Waals surface area contributed by atoms with Crippen LogP contribution in [0.4, 0.5) is 11.4 Å². The normalized spacial score (nSPS) is 11.1. The molecule has 0 atom stereocenters. The molecule has 0 bridgehead atoms. The number of nitrogens with zero attached hydrogens (tertiary/aromatic N) is 3. The Bertz CT molecular complexity index is 1590. The van der Waals surface area contributed by atoms with E-state index in [0.717, 1.165) is 11.3 Å². The third-order valence-corrected chi connectivity index (χ3v) is 7.58. The van der Waals surface area contributed by atoms with E-state index in [-0.39, 0.29) is 17.3 Å². The van der Waals surface area contributed by atoms with Crippen molar-refractivity contribution in [3.63, 3.8) is 0 Å². The predicted octanol–water partition coefficient (Wildman–Crippen LogP) is 5.52. The van der Waals surface area contributed by atoms with E-state index in [1.54, 1.807) is 77.6 Å². The Morgan fingerprint density at radius 1 is 0.811 bits per heavy atom. The third kappa shape index (κ3) is 5.44. The highest BCUT2D eigenvalue weighted by molar-refractivity contribution is 7.92. The molecule has 0 aliphatic rings. The first kappa shape index (κ1) is 24.0. The van der Waals surface area contributed by atoms with Crippen molar-refractivity contribution in [1.82, 2.24) is 9.78 Å². The van der Waals surface area contributed by atoms with Crippen molar-refractivity contribution >= 4 is 27.3 Å². The molecule has 1 amide bonds. The van der Waals surface area contributed by atoms with Gasteiger partial charge in [0.1, 0.15) is 0 Å². The maximum Gasteiger partial charge on any atom is 0.264 e. The van der Waals surface area contributed by atoms with Crippen LogP contribution in [0.3, 0.4) is 0 Å². The molecule has 37 heavy (non-hydrogen) atoms. The molecule has 0 spiro atoms. The number of rotatable bonds is 8. The lowest BCUT2D eigenvalue weighted by Crippen LogP contribution is -2.30. The molecule has 0 aliphatic carbocycles. The van der Waals surface area contributed by atoms with Crippen LogP contribution in [-0.4, -0.2) is 24.1 Å². The van der Waals surface area contributed by atoms with Crippen LogP contribution in [0.1, 0.15) is 15.9 Å². The van der Waals surface area contributed by atoms with Gasteiger partial charge in [-0.2, -0.15) is 5.10 Å². The summed E-state index contributed by atoms with van der Waals surface area (Å²) in [5.41, 5.74) is 3.05. The number of hydrogen-bond acceptors (Lipinski definition) is 4. The summed E-state index contributed by atoms with van der Waals surface area (Å²) < 4.78 is 30.4. The first-order valence-corrected chi connectivity index (χ1v) is 13.1. The minimum absolute atomic E-state index is 0.123. The Balaban J connectivity index is 1.43. The fourth-order valence-corrected chi connectivity index (χ4v) is 5.37. The molecule has 5 aromatic rings. The molecule has 4 aromatic carbocycles.